The topological polar surface area (TPSA) is 0 Å². The quantitative estimate of drug-likeness (QED) is 0.277. The minimum Gasteiger partial charge on any atom is -0.167 e. The van der Waals surface area contributed by atoms with Crippen LogP contribution in [0.4, 0.5) is 0 Å². The molecular weight excluding hydrogens is 448 g/mol. The van der Waals surface area contributed by atoms with Crippen molar-refractivity contribution in [3.8, 4) is 0 Å². The summed E-state index contributed by atoms with van der Waals surface area (Å²) >= 11 is 6.77. The fourth-order valence-corrected chi connectivity index (χ4v) is 10.1. The van der Waals surface area contributed by atoms with Crippen LogP contribution in [0.5, 0.6) is 0 Å². The zero-order valence-electron chi connectivity index (χ0n) is 22.5. The van der Waals surface area contributed by atoms with Gasteiger partial charge in [0, 0.05) is 5.54 Å². The maximum Gasteiger partial charge on any atom is 0.161 e. The van der Waals surface area contributed by atoms with Crippen LogP contribution in [-0.4, -0.2) is 7.38 Å². The van der Waals surface area contributed by atoms with E-state index < -0.39 is 7.38 Å². The van der Waals surface area contributed by atoms with Gasteiger partial charge < -0.3 is 0 Å². The lowest BCUT2D eigenvalue weighted by molar-refractivity contribution is 0.392. The average molecular weight is 489 g/mol. The summed E-state index contributed by atoms with van der Waals surface area (Å²) in [6.45, 7) is 18.5. The van der Waals surface area contributed by atoms with Gasteiger partial charge in [0.1, 0.15) is 0 Å². The molecule has 2 aromatic carbocycles. The Bertz CT molecular complexity index is 1230. The summed E-state index contributed by atoms with van der Waals surface area (Å²) in [6.07, 6.45) is 10.8. The van der Waals surface area contributed by atoms with Gasteiger partial charge in [-0.25, -0.2) is 0 Å². The van der Waals surface area contributed by atoms with Gasteiger partial charge in [-0.15, -0.1) is 0 Å². The first-order chi connectivity index (χ1) is 15.7. The lowest BCUT2D eigenvalue weighted by atomic mass is 9.90. The molecule has 0 aliphatic heterocycles. The molecule has 4 aliphatic carbocycles. The van der Waals surface area contributed by atoms with Gasteiger partial charge in [-0.2, -0.15) is 11.1 Å². The van der Waals surface area contributed by atoms with E-state index in [2.05, 4.69) is 91.1 Å². The zero-order valence-corrected chi connectivity index (χ0v) is 24.2. The molecule has 180 valence electrons. The summed E-state index contributed by atoms with van der Waals surface area (Å²) in [5.41, 5.74) is 16.6. The predicted octanol–water partition coefficient (Wildman–Crippen LogP) is 9.07. The molecule has 0 aromatic heterocycles. The van der Waals surface area contributed by atoms with Gasteiger partial charge >= 0.3 is 0 Å². The molecule has 0 nitrogen and oxygen atoms in total. The van der Waals surface area contributed by atoms with E-state index in [1.807, 2.05) is 0 Å². The van der Waals surface area contributed by atoms with Gasteiger partial charge in [0.05, 0.1) is 0 Å². The van der Waals surface area contributed by atoms with Gasteiger partial charge in [0.15, 0.2) is 7.38 Å². The third kappa shape index (κ3) is 4.51. The Labute approximate surface area is 213 Å². The van der Waals surface area contributed by atoms with Crippen LogP contribution in [0, 0.1) is 10.8 Å². The van der Waals surface area contributed by atoms with Crippen molar-refractivity contribution in [2.45, 2.75) is 92.3 Å². The summed E-state index contributed by atoms with van der Waals surface area (Å²) in [4.78, 5) is 0. The number of hydrogen-bond acceptors (Lipinski definition) is 0. The highest BCUT2D eigenvalue weighted by Gasteiger charge is 2.39. The summed E-state index contributed by atoms with van der Waals surface area (Å²) in [5, 5.41) is 0. The zero-order chi connectivity index (χ0) is 24.6. The number of fused-ring (bicyclic) bond motifs is 4. The van der Waals surface area contributed by atoms with E-state index >= 15 is 0 Å². The number of halogens is 1. The van der Waals surface area contributed by atoms with E-state index in [1.165, 1.54) is 59.9 Å². The Morgan fingerprint density at radius 2 is 1.21 bits per heavy atom. The smallest absolute Gasteiger partial charge is 0.161 e. The predicted molar refractivity (Wildman–Crippen MR) is 152 cm³/mol. The van der Waals surface area contributed by atoms with E-state index in [9.17, 15) is 0 Å². The van der Waals surface area contributed by atoms with Gasteiger partial charge in [-0.3, -0.25) is 0 Å². The molecule has 1 atom stereocenters. The molecule has 0 fully saturated rings. The Hall–Kier alpha value is -1.57. The Kier molecular flexibility index (Phi) is 5.66. The lowest BCUT2D eigenvalue weighted by Crippen LogP contribution is -2.28. The monoisotopic (exact) mass is 488 g/mol. The van der Waals surface area contributed by atoms with Crippen molar-refractivity contribution in [1.82, 2.24) is 0 Å². The maximum absolute atomic E-state index is 6.77. The maximum atomic E-state index is 6.77. The van der Waals surface area contributed by atoms with Crippen molar-refractivity contribution in [2.75, 3.05) is 0 Å². The summed E-state index contributed by atoms with van der Waals surface area (Å²) in [5.74, 6) is 0. The third-order valence-electron chi connectivity index (χ3n) is 8.25. The molecule has 0 spiro atoms. The van der Waals surface area contributed by atoms with Crippen LogP contribution in [0.2, 0.25) is 13.1 Å². The van der Waals surface area contributed by atoms with Crippen LogP contribution in [0.15, 0.2) is 35.4 Å². The van der Waals surface area contributed by atoms with Crippen molar-refractivity contribution in [2.24, 2.45) is 10.8 Å². The summed E-state index contributed by atoms with van der Waals surface area (Å²) in [6, 6.07) is 9.77. The average Bonchev–Trinajstić information content (AvgIpc) is 3.34. The minimum atomic E-state index is -1.70. The molecule has 0 amide bonds. The van der Waals surface area contributed by atoms with E-state index in [4.69, 9.17) is 11.1 Å². The molecule has 1 unspecified atom stereocenters. The van der Waals surface area contributed by atoms with Gasteiger partial charge in [-0.05, 0) is 101 Å². The van der Waals surface area contributed by atoms with Crippen molar-refractivity contribution < 1.29 is 0 Å². The van der Waals surface area contributed by atoms with Gasteiger partial charge in [-0.1, -0.05) is 88.4 Å². The highest BCUT2D eigenvalue weighted by molar-refractivity contribution is 7.20. The van der Waals surface area contributed by atoms with Crippen LogP contribution in [0.3, 0.4) is 0 Å². The van der Waals surface area contributed by atoms with Crippen LogP contribution < -0.4 is 0 Å². The first kappa shape index (κ1) is 24.1. The molecule has 2 heteroatoms. The largest absolute Gasteiger partial charge is 0.167 e. The van der Waals surface area contributed by atoms with Gasteiger partial charge in [0.2, 0.25) is 0 Å². The van der Waals surface area contributed by atoms with Crippen molar-refractivity contribution in [1.29, 1.82) is 0 Å². The Balaban J connectivity index is 0.000000145. The second-order valence-electron chi connectivity index (χ2n) is 13.7. The Morgan fingerprint density at radius 3 is 1.76 bits per heavy atom. The number of allylic oxidation sites excluding steroid dienone is 2. The van der Waals surface area contributed by atoms with Crippen molar-refractivity contribution in [3.05, 3.63) is 79.9 Å². The minimum absolute atomic E-state index is 0.430. The van der Waals surface area contributed by atoms with Crippen LogP contribution in [0.25, 0.3) is 12.2 Å². The van der Waals surface area contributed by atoms with E-state index in [1.54, 1.807) is 27.8 Å². The molecule has 0 saturated carbocycles. The number of rotatable bonds is 1. The number of hydrogen-bond donors (Lipinski definition) is 0. The molecule has 34 heavy (non-hydrogen) atoms. The Morgan fingerprint density at radius 1 is 0.706 bits per heavy atom. The van der Waals surface area contributed by atoms with E-state index in [-0.39, 0.29) is 0 Å². The molecule has 0 N–H and O–H groups in total. The van der Waals surface area contributed by atoms with Crippen LogP contribution in [-0.2, 0) is 32.1 Å². The van der Waals surface area contributed by atoms with Crippen LogP contribution >= 0.6 is 11.1 Å². The highest BCUT2D eigenvalue weighted by Crippen LogP contribution is 2.47. The van der Waals surface area contributed by atoms with E-state index in [0.29, 0.717) is 16.4 Å². The first-order valence-electron chi connectivity index (χ1n) is 13.1. The third-order valence-corrected chi connectivity index (χ3v) is 11.0. The molecule has 0 heterocycles. The second-order valence-corrected chi connectivity index (χ2v) is 20.3. The molecule has 0 saturated heterocycles. The first-order valence-corrected chi connectivity index (χ1v) is 17.1. The van der Waals surface area contributed by atoms with Crippen molar-refractivity contribution in [3.63, 3.8) is 0 Å². The molecule has 0 radical (unpaired) electrons. The molecule has 2 aromatic rings. The highest BCUT2D eigenvalue weighted by atomic mass is 35.6. The standard InChI is InChI=1S/C17H23ClSi.C15H18/c1-11-6-12-7-13-9-17(2,3)10-14(13)8-15(12)16(11)19(4,5)18;1-10-4-11-6-13-8-15(2,3)9-14(13)7-12(11)5-10/h6-8,16H,9-10H2,1-5H3;4,6-7H,5,8-9H2,1-3H3. The van der Waals surface area contributed by atoms with Gasteiger partial charge in [0.25, 0.3) is 0 Å². The molecule has 0 bridgehead atoms. The van der Waals surface area contributed by atoms with Crippen molar-refractivity contribution >= 4 is 30.6 Å². The lowest BCUT2D eigenvalue weighted by Gasteiger charge is -2.25. The fraction of sp³-hybridized carbons (Fsp3) is 0.500. The summed E-state index contributed by atoms with van der Waals surface area (Å²) in [7, 11) is -1.70. The molecule has 4 aliphatic rings. The summed E-state index contributed by atoms with van der Waals surface area (Å²) < 4.78 is 0. The normalized spacial score (nSPS) is 22.8. The number of benzene rings is 2. The second kappa shape index (κ2) is 7.97. The molecular formula is C32H41ClSi. The molecule has 6 rings (SSSR count). The van der Waals surface area contributed by atoms with Crippen LogP contribution in [0.1, 0.15) is 91.6 Å². The fourth-order valence-electron chi connectivity index (χ4n) is 7.10. The SMILES string of the molecule is CC1=Cc2cc3c(cc2C1)CC(C)(C)C3.CC1=Cc2cc3c(cc2C1[Si](C)(C)Cl)CC(C)(C)C3. The van der Waals surface area contributed by atoms with E-state index in [0.717, 1.165) is 0 Å².